The Hall–Kier alpha value is -3.73. The second kappa shape index (κ2) is 7.02. The molecule has 0 saturated heterocycles. The highest BCUT2D eigenvalue weighted by atomic mass is 32.2. The predicted octanol–water partition coefficient (Wildman–Crippen LogP) is 3.65. The third-order valence-corrected chi connectivity index (χ3v) is 5.47. The summed E-state index contributed by atoms with van der Waals surface area (Å²) in [5.74, 6) is 0.305. The molecule has 29 heavy (non-hydrogen) atoms. The third kappa shape index (κ3) is 3.43. The molecule has 7 heteroatoms. The maximum atomic E-state index is 13.3. The highest BCUT2D eigenvalue weighted by Crippen LogP contribution is 2.33. The Labute approximate surface area is 166 Å². The SMILES string of the molecule is N#Cc1ccc(-c2c(-c3ccc(S(N)(=O)=O)cc3)oc3ccccc3c2=O)cc1. The Morgan fingerprint density at radius 1 is 0.862 bits per heavy atom. The molecule has 0 amide bonds. The average molecular weight is 402 g/mol. The number of hydrogen-bond acceptors (Lipinski definition) is 5. The molecule has 0 fully saturated rings. The molecule has 0 aliphatic heterocycles. The second-order valence-electron chi connectivity index (χ2n) is 6.39. The summed E-state index contributed by atoms with van der Waals surface area (Å²) in [4.78, 5) is 13.2. The second-order valence-corrected chi connectivity index (χ2v) is 7.95. The lowest BCUT2D eigenvalue weighted by Crippen LogP contribution is -2.12. The van der Waals surface area contributed by atoms with Crippen molar-refractivity contribution in [2.75, 3.05) is 0 Å². The zero-order valence-electron chi connectivity index (χ0n) is 15.0. The maximum absolute atomic E-state index is 13.3. The molecule has 6 nitrogen and oxygen atoms in total. The molecule has 0 spiro atoms. The van der Waals surface area contributed by atoms with Crippen molar-refractivity contribution in [1.82, 2.24) is 0 Å². The zero-order valence-corrected chi connectivity index (χ0v) is 15.8. The standard InChI is InChI=1S/C22H14N2O4S/c23-13-14-5-7-15(8-6-14)20-21(25)18-3-1-2-4-19(18)28-22(20)16-9-11-17(12-10-16)29(24,26)27/h1-12H,(H2,24,26,27). The predicted molar refractivity (Wildman–Crippen MR) is 109 cm³/mol. The highest BCUT2D eigenvalue weighted by molar-refractivity contribution is 7.89. The van der Waals surface area contributed by atoms with Crippen LogP contribution in [0.4, 0.5) is 0 Å². The molecule has 2 N–H and O–H groups in total. The Kier molecular flexibility index (Phi) is 4.51. The van der Waals surface area contributed by atoms with Crippen LogP contribution in [-0.2, 0) is 10.0 Å². The van der Waals surface area contributed by atoms with Crippen LogP contribution in [-0.4, -0.2) is 8.42 Å². The van der Waals surface area contributed by atoms with E-state index in [1.807, 2.05) is 6.07 Å². The van der Waals surface area contributed by atoms with Crippen molar-refractivity contribution >= 4 is 21.0 Å². The summed E-state index contributed by atoms with van der Waals surface area (Å²) >= 11 is 0. The lowest BCUT2D eigenvalue weighted by Gasteiger charge is -2.11. The Bertz CT molecular complexity index is 1430. The first kappa shape index (κ1) is 18.6. The largest absolute Gasteiger partial charge is 0.455 e. The number of nitriles is 1. The fourth-order valence-electron chi connectivity index (χ4n) is 3.11. The number of primary sulfonamides is 1. The average Bonchev–Trinajstić information content (AvgIpc) is 2.73. The number of para-hydroxylation sites is 1. The molecule has 142 valence electrons. The smallest absolute Gasteiger partial charge is 0.238 e. The van der Waals surface area contributed by atoms with E-state index in [2.05, 4.69) is 0 Å². The van der Waals surface area contributed by atoms with E-state index in [-0.39, 0.29) is 10.3 Å². The number of benzene rings is 3. The van der Waals surface area contributed by atoms with Gasteiger partial charge in [0.15, 0.2) is 0 Å². The van der Waals surface area contributed by atoms with Crippen LogP contribution in [0, 0.1) is 11.3 Å². The molecule has 0 radical (unpaired) electrons. The van der Waals surface area contributed by atoms with E-state index in [1.54, 1.807) is 60.7 Å². The van der Waals surface area contributed by atoms with E-state index >= 15 is 0 Å². The summed E-state index contributed by atoms with van der Waals surface area (Å²) in [6.45, 7) is 0. The van der Waals surface area contributed by atoms with Crippen LogP contribution in [0.1, 0.15) is 5.56 Å². The first-order valence-corrected chi connectivity index (χ1v) is 10.1. The van der Waals surface area contributed by atoms with Crippen LogP contribution < -0.4 is 10.6 Å². The van der Waals surface area contributed by atoms with Crippen molar-refractivity contribution in [2.45, 2.75) is 4.90 Å². The van der Waals surface area contributed by atoms with Crippen LogP contribution in [0.2, 0.25) is 0 Å². The molecule has 0 aliphatic carbocycles. The van der Waals surface area contributed by atoms with E-state index < -0.39 is 10.0 Å². The molecule has 4 aromatic rings. The topological polar surface area (TPSA) is 114 Å². The Morgan fingerprint density at radius 3 is 2.10 bits per heavy atom. The molecule has 0 atom stereocenters. The van der Waals surface area contributed by atoms with Crippen molar-refractivity contribution in [3.63, 3.8) is 0 Å². The van der Waals surface area contributed by atoms with E-state index in [0.717, 1.165) is 0 Å². The van der Waals surface area contributed by atoms with Crippen LogP contribution in [0.25, 0.3) is 33.4 Å². The van der Waals surface area contributed by atoms with Gasteiger partial charge in [0, 0.05) is 5.56 Å². The summed E-state index contributed by atoms with van der Waals surface area (Å²) in [5.41, 5.74) is 2.12. The van der Waals surface area contributed by atoms with Gasteiger partial charge in [0.1, 0.15) is 11.3 Å². The lowest BCUT2D eigenvalue weighted by atomic mass is 9.97. The van der Waals surface area contributed by atoms with Gasteiger partial charge in [-0.1, -0.05) is 24.3 Å². The van der Waals surface area contributed by atoms with Crippen LogP contribution in [0.15, 0.2) is 86.9 Å². The molecular formula is C22H14N2O4S. The molecular weight excluding hydrogens is 388 g/mol. The number of sulfonamides is 1. The highest BCUT2D eigenvalue weighted by Gasteiger charge is 2.18. The number of nitrogens with two attached hydrogens (primary N) is 1. The van der Waals surface area contributed by atoms with Gasteiger partial charge in [-0.15, -0.1) is 0 Å². The van der Waals surface area contributed by atoms with Gasteiger partial charge in [-0.3, -0.25) is 4.79 Å². The van der Waals surface area contributed by atoms with Gasteiger partial charge in [-0.25, -0.2) is 13.6 Å². The summed E-state index contributed by atoms with van der Waals surface area (Å²) in [6.07, 6.45) is 0. The van der Waals surface area contributed by atoms with Crippen LogP contribution in [0.5, 0.6) is 0 Å². The van der Waals surface area contributed by atoms with Gasteiger partial charge in [-0.05, 0) is 54.1 Å². The van der Waals surface area contributed by atoms with E-state index in [0.29, 0.717) is 39.0 Å². The monoisotopic (exact) mass is 402 g/mol. The summed E-state index contributed by atoms with van der Waals surface area (Å²) in [6, 6.07) is 21.4. The van der Waals surface area contributed by atoms with Crippen LogP contribution >= 0.6 is 0 Å². The lowest BCUT2D eigenvalue weighted by molar-refractivity contribution is 0.597. The van der Waals surface area contributed by atoms with Gasteiger partial charge in [0.25, 0.3) is 0 Å². The van der Waals surface area contributed by atoms with Crippen molar-refractivity contribution in [3.05, 3.63) is 88.6 Å². The molecule has 0 aliphatic rings. The quantitative estimate of drug-likeness (QED) is 0.562. The Balaban J connectivity index is 2.01. The minimum absolute atomic E-state index is 0.0377. The van der Waals surface area contributed by atoms with Crippen molar-refractivity contribution in [2.24, 2.45) is 5.14 Å². The number of rotatable bonds is 3. The van der Waals surface area contributed by atoms with Gasteiger partial charge in [0.05, 0.1) is 27.5 Å². The molecule has 4 rings (SSSR count). The van der Waals surface area contributed by atoms with E-state index in [1.165, 1.54) is 12.1 Å². The molecule has 3 aromatic carbocycles. The molecule has 0 bridgehead atoms. The van der Waals surface area contributed by atoms with Gasteiger partial charge < -0.3 is 4.42 Å². The fourth-order valence-corrected chi connectivity index (χ4v) is 3.63. The molecule has 0 unspecified atom stereocenters. The number of nitrogens with zero attached hydrogens (tertiary/aromatic N) is 1. The first-order chi connectivity index (χ1) is 13.9. The number of fused-ring (bicyclic) bond motifs is 1. The van der Waals surface area contributed by atoms with Crippen molar-refractivity contribution in [3.8, 4) is 28.5 Å². The molecule has 1 heterocycles. The fraction of sp³-hybridized carbons (Fsp3) is 0. The molecule has 0 saturated carbocycles. The third-order valence-electron chi connectivity index (χ3n) is 4.55. The minimum atomic E-state index is -3.84. The summed E-state index contributed by atoms with van der Waals surface area (Å²) in [7, 11) is -3.84. The Morgan fingerprint density at radius 2 is 1.48 bits per heavy atom. The summed E-state index contributed by atoms with van der Waals surface area (Å²) < 4.78 is 29.1. The van der Waals surface area contributed by atoms with Gasteiger partial charge in [-0.2, -0.15) is 5.26 Å². The summed E-state index contributed by atoms with van der Waals surface area (Å²) in [5, 5.41) is 14.6. The van der Waals surface area contributed by atoms with Crippen molar-refractivity contribution < 1.29 is 12.8 Å². The maximum Gasteiger partial charge on any atom is 0.238 e. The number of hydrogen-bond donors (Lipinski definition) is 1. The van der Waals surface area contributed by atoms with Crippen LogP contribution in [0.3, 0.4) is 0 Å². The molecule has 1 aromatic heterocycles. The zero-order chi connectivity index (χ0) is 20.6. The van der Waals surface area contributed by atoms with Crippen molar-refractivity contribution in [1.29, 1.82) is 5.26 Å². The van der Waals surface area contributed by atoms with Gasteiger partial charge in [0.2, 0.25) is 15.5 Å². The normalized spacial score (nSPS) is 11.3. The van der Waals surface area contributed by atoms with Gasteiger partial charge >= 0.3 is 0 Å². The van der Waals surface area contributed by atoms with E-state index in [4.69, 9.17) is 14.8 Å². The first-order valence-electron chi connectivity index (χ1n) is 8.58. The minimum Gasteiger partial charge on any atom is -0.455 e. The van der Waals surface area contributed by atoms with E-state index in [9.17, 15) is 13.2 Å².